The molecule has 25 heavy (non-hydrogen) atoms. The Balaban J connectivity index is 2.15. The van der Waals surface area contributed by atoms with Crippen LogP contribution in [-0.4, -0.2) is 19.9 Å². The van der Waals surface area contributed by atoms with Crippen molar-refractivity contribution in [3.05, 3.63) is 88.0 Å². The molecule has 2 aromatic carbocycles. The minimum atomic E-state index is -1.83. The van der Waals surface area contributed by atoms with Gasteiger partial charge < -0.3 is 5.11 Å². The molecule has 7 heteroatoms. The second-order valence-corrected chi connectivity index (χ2v) is 6.70. The Morgan fingerprint density at radius 1 is 1.24 bits per heavy atom. The third kappa shape index (κ3) is 3.47. The van der Waals surface area contributed by atoms with Crippen LogP contribution < -0.4 is 0 Å². The maximum atomic E-state index is 14.5. The number of benzene rings is 2. The molecular formula is C18H14F2IN3O. The number of aliphatic hydroxyl groups is 1. The SMILES string of the molecule is C=C(c1ccccc1I)C(O)(Cn1cncn1)c1ccc(F)cc1F. The van der Waals surface area contributed by atoms with Crippen molar-refractivity contribution in [3.63, 3.8) is 0 Å². The first-order valence-corrected chi connectivity index (χ1v) is 8.44. The molecule has 128 valence electrons. The van der Waals surface area contributed by atoms with Gasteiger partial charge >= 0.3 is 0 Å². The smallest absolute Gasteiger partial charge is 0.137 e. The molecule has 0 radical (unpaired) electrons. The predicted molar refractivity (Wildman–Crippen MR) is 98.5 cm³/mol. The summed E-state index contributed by atoms with van der Waals surface area (Å²) in [6, 6.07) is 10.4. The number of hydrogen-bond donors (Lipinski definition) is 1. The van der Waals surface area contributed by atoms with Crippen LogP contribution in [0.3, 0.4) is 0 Å². The molecule has 0 aliphatic heterocycles. The Bertz CT molecular complexity index is 914. The summed E-state index contributed by atoms with van der Waals surface area (Å²) >= 11 is 2.12. The molecule has 0 amide bonds. The van der Waals surface area contributed by atoms with Crippen molar-refractivity contribution >= 4 is 28.2 Å². The average Bonchev–Trinajstić information content (AvgIpc) is 3.07. The molecular weight excluding hydrogens is 439 g/mol. The number of nitrogens with zero attached hydrogens (tertiary/aromatic N) is 3. The van der Waals surface area contributed by atoms with E-state index in [0.717, 1.165) is 15.7 Å². The fourth-order valence-electron chi connectivity index (χ4n) is 2.65. The molecule has 1 aromatic heterocycles. The predicted octanol–water partition coefficient (Wildman–Crippen LogP) is 3.76. The Morgan fingerprint density at radius 2 is 2.00 bits per heavy atom. The fraction of sp³-hybridized carbons (Fsp3) is 0.111. The van der Waals surface area contributed by atoms with Crippen LogP contribution in [0.2, 0.25) is 0 Å². The first kappa shape index (κ1) is 17.7. The molecule has 1 heterocycles. The highest BCUT2D eigenvalue weighted by atomic mass is 127. The maximum absolute atomic E-state index is 14.5. The molecule has 1 N–H and O–H groups in total. The van der Waals surface area contributed by atoms with Crippen molar-refractivity contribution in [1.82, 2.24) is 14.8 Å². The Kier molecular flexibility index (Phi) is 4.96. The van der Waals surface area contributed by atoms with E-state index in [2.05, 4.69) is 39.3 Å². The second kappa shape index (κ2) is 7.01. The van der Waals surface area contributed by atoms with Gasteiger partial charge in [0.05, 0.1) is 6.54 Å². The van der Waals surface area contributed by atoms with Gasteiger partial charge in [0.1, 0.15) is 29.9 Å². The topological polar surface area (TPSA) is 50.9 Å². The molecule has 1 unspecified atom stereocenters. The van der Waals surface area contributed by atoms with Gasteiger partial charge in [-0.05, 0) is 51.9 Å². The minimum absolute atomic E-state index is 0.0750. The lowest BCUT2D eigenvalue weighted by atomic mass is 9.82. The number of hydrogen-bond acceptors (Lipinski definition) is 3. The first-order chi connectivity index (χ1) is 11.9. The van der Waals surface area contributed by atoms with Gasteiger partial charge in [-0.15, -0.1) is 0 Å². The van der Waals surface area contributed by atoms with Crippen LogP contribution in [0.15, 0.2) is 61.7 Å². The molecule has 0 spiro atoms. The Labute approximate surface area is 157 Å². The molecule has 3 aromatic rings. The van der Waals surface area contributed by atoms with E-state index >= 15 is 0 Å². The maximum Gasteiger partial charge on any atom is 0.137 e. The lowest BCUT2D eigenvalue weighted by Crippen LogP contribution is -2.34. The van der Waals surface area contributed by atoms with Crippen molar-refractivity contribution in [2.45, 2.75) is 12.1 Å². The number of rotatable bonds is 5. The average molecular weight is 453 g/mol. The molecule has 0 fully saturated rings. The monoisotopic (exact) mass is 453 g/mol. The summed E-state index contributed by atoms with van der Waals surface area (Å²) in [6.07, 6.45) is 2.73. The van der Waals surface area contributed by atoms with Crippen LogP contribution in [0.4, 0.5) is 8.78 Å². The van der Waals surface area contributed by atoms with Gasteiger partial charge in [-0.2, -0.15) is 5.10 Å². The van der Waals surface area contributed by atoms with Crippen LogP contribution in [0.25, 0.3) is 5.57 Å². The van der Waals surface area contributed by atoms with Crippen LogP contribution in [0, 0.1) is 15.2 Å². The normalized spacial score (nSPS) is 13.4. The molecule has 4 nitrogen and oxygen atoms in total. The summed E-state index contributed by atoms with van der Waals surface area (Å²) in [6.45, 7) is 3.89. The highest BCUT2D eigenvalue weighted by Crippen LogP contribution is 2.39. The first-order valence-electron chi connectivity index (χ1n) is 7.36. The van der Waals surface area contributed by atoms with E-state index in [9.17, 15) is 13.9 Å². The molecule has 0 aliphatic carbocycles. The Morgan fingerprint density at radius 3 is 2.64 bits per heavy atom. The lowest BCUT2D eigenvalue weighted by molar-refractivity contribution is 0.0726. The van der Waals surface area contributed by atoms with E-state index in [0.29, 0.717) is 11.1 Å². The third-order valence-electron chi connectivity index (χ3n) is 3.93. The van der Waals surface area contributed by atoms with Gasteiger partial charge in [-0.25, -0.2) is 18.4 Å². The standard InChI is InChI=1S/C18H14F2IN3O/c1-12(14-4-2-3-5-17(14)21)18(25,9-24-11-22-10-23-24)15-7-6-13(19)8-16(15)20/h2-8,10-11,25H,1,9H2. The van der Waals surface area contributed by atoms with Gasteiger partial charge in [0, 0.05) is 15.2 Å². The zero-order valence-electron chi connectivity index (χ0n) is 13.0. The van der Waals surface area contributed by atoms with Crippen LogP contribution in [-0.2, 0) is 12.1 Å². The molecule has 0 bridgehead atoms. The summed E-state index contributed by atoms with van der Waals surface area (Å²) in [5, 5.41) is 15.4. The van der Waals surface area contributed by atoms with E-state index in [1.54, 1.807) is 12.1 Å². The van der Waals surface area contributed by atoms with Crippen LogP contribution in [0.1, 0.15) is 11.1 Å². The number of aromatic nitrogens is 3. The molecule has 1 atom stereocenters. The van der Waals surface area contributed by atoms with Crippen molar-refractivity contribution in [3.8, 4) is 0 Å². The highest BCUT2D eigenvalue weighted by Gasteiger charge is 2.37. The fourth-order valence-corrected chi connectivity index (χ4v) is 3.36. The molecule has 0 aliphatic rings. The van der Waals surface area contributed by atoms with Gasteiger partial charge in [0.15, 0.2) is 0 Å². The molecule has 0 saturated carbocycles. The third-order valence-corrected chi connectivity index (χ3v) is 4.87. The van der Waals surface area contributed by atoms with Gasteiger partial charge in [-0.3, -0.25) is 0 Å². The van der Waals surface area contributed by atoms with Crippen molar-refractivity contribution in [2.24, 2.45) is 0 Å². The van der Waals surface area contributed by atoms with Gasteiger partial charge in [0.25, 0.3) is 0 Å². The summed E-state index contributed by atoms with van der Waals surface area (Å²) < 4.78 is 30.0. The van der Waals surface area contributed by atoms with E-state index < -0.39 is 17.2 Å². The van der Waals surface area contributed by atoms with E-state index in [4.69, 9.17) is 0 Å². The number of halogens is 3. The zero-order valence-corrected chi connectivity index (χ0v) is 15.2. The summed E-state index contributed by atoms with van der Waals surface area (Å²) in [5.74, 6) is -1.57. The summed E-state index contributed by atoms with van der Waals surface area (Å²) in [7, 11) is 0. The minimum Gasteiger partial charge on any atom is -0.378 e. The van der Waals surface area contributed by atoms with Crippen LogP contribution in [0.5, 0.6) is 0 Å². The van der Waals surface area contributed by atoms with E-state index in [1.807, 2.05) is 12.1 Å². The largest absolute Gasteiger partial charge is 0.378 e. The van der Waals surface area contributed by atoms with Gasteiger partial charge in [-0.1, -0.05) is 24.8 Å². The Hall–Kier alpha value is -2.13. The lowest BCUT2D eigenvalue weighted by Gasteiger charge is -2.31. The zero-order chi connectivity index (χ0) is 18.0. The van der Waals surface area contributed by atoms with Crippen molar-refractivity contribution in [2.75, 3.05) is 0 Å². The van der Waals surface area contributed by atoms with Crippen molar-refractivity contribution in [1.29, 1.82) is 0 Å². The van der Waals surface area contributed by atoms with E-state index in [-0.39, 0.29) is 12.1 Å². The molecule has 3 rings (SSSR count). The second-order valence-electron chi connectivity index (χ2n) is 5.54. The van der Waals surface area contributed by atoms with Gasteiger partial charge in [0.2, 0.25) is 0 Å². The van der Waals surface area contributed by atoms with E-state index in [1.165, 1.54) is 23.4 Å². The van der Waals surface area contributed by atoms with Crippen molar-refractivity contribution < 1.29 is 13.9 Å². The quantitative estimate of drug-likeness (QED) is 0.599. The summed E-state index contributed by atoms with van der Waals surface area (Å²) in [5.41, 5.74) is -0.936. The molecule has 0 saturated heterocycles. The summed E-state index contributed by atoms with van der Waals surface area (Å²) in [4.78, 5) is 3.84. The van der Waals surface area contributed by atoms with Crippen LogP contribution >= 0.6 is 22.6 Å². The highest BCUT2D eigenvalue weighted by molar-refractivity contribution is 14.1.